The number of pyridine rings is 2. The molecule has 24 heavy (non-hydrogen) atoms. The second-order valence-electron chi connectivity index (χ2n) is 6.67. The Morgan fingerprint density at radius 2 is 1.50 bits per heavy atom. The van der Waals surface area contributed by atoms with Crippen molar-refractivity contribution in [3.05, 3.63) is 71.0 Å². The number of nitrogens with zero attached hydrogens (tertiary/aromatic N) is 2. The molecule has 0 aliphatic carbocycles. The third-order valence-corrected chi connectivity index (χ3v) is 4.54. The molecule has 0 fully saturated rings. The summed E-state index contributed by atoms with van der Waals surface area (Å²) >= 11 is 0. The lowest BCUT2D eigenvalue weighted by Crippen LogP contribution is -1.92. The van der Waals surface area contributed by atoms with Crippen LogP contribution in [0, 0.1) is 27.7 Å². The molecule has 0 aliphatic rings. The van der Waals surface area contributed by atoms with Gasteiger partial charge in [0.05, 0.1) is 11.2 Å². The van der Waals surface area contributed by atoms with E-state index in [2.05, 4.69) is 63.2 Å². The summed E-state index contributed by atoms with van der Waals surface area (Å²) < 4.78 is 0. The van der Waals surface area contributed by atoms with E-state index in [1.165, 1.54) is 38.4 Å². The standard InChI is InChI=1S/C22H20N2/c1-13-9-14(2)11-17(10-13)22-19-5-6-20-21(18(19)7-8-23-22)15(3)12-16(4)24-20/h5-12H,1-4H3. The molecular weight excluding hydrogens is 292 g/mol. The van der Waals surface area contributed by atoms with E-state index in [1.807, 2.05) is 13.1 Å². The molecular formula is C22H20N2. The fraction of sp³-hybridized carbons (Fsp3) is 0.182. The predicted molar refractivity (Wildman–Crippen MR) is 101 cm³/mol. The Hall–Kier alpha value is -2.74. The molecule has 2 nitrogen and oxygen atoms in total. The summed E-state index contributed by atoms with van der Waals surface area (Å²) in [7, 11) is 0. The van der Waals surface area contributed by atoms with Gasteiger partial charge in [0.15, 0.2) is 0 Å². The highest BCUT2D eigenvalue weighted by Crippen LogP contribution is 2.33. The molecule has 2 heterocycles. The van der Waals surface area contributed by atoms with E-state index in [4.69, 9.17) is 9.97 Å². The molecule has 0 saturated carbocycles. The number of benzene rings is 2. The summed E-state index contributed by atoms with van der Waals surface area (Å²) in [6.07, 6.45) is 1.91. The van der Waals surface area contributed by atoms with E-state index in [-0.39, 0.29) is 0 Å². The van der Waals surface area contributed by atoms with Gasteiger partial charge in [-0.15, -0.1) is 0 Å². The van der Waals surface area contributed by atoms with Gasteiger partial charge in [-0.05, 0) is 75.0 Å². The third-order valence-electron chi connectivity index (χ3n) is 4.54. The average Bonchev–Trinajstić information content (AvgIpc) is 2.52. The largest absolute Gasteiger partial charge is 0.256 e. The Morgan fingerprint density at radius 1 is 0.750 bits per heavy atom. The topological polar surface area (TPSA) is 25.8 Å². The van der Waals surface area contributed by atoms with Crippen molar-refractivity contribution in [1.82, 2.24) is 9.97 Å². The van der Waals surface area contributed by atoms with Crippen LogP contribution in [-0.4, -0.2) is 9.97 Å². The van der Waals surface area contributed by atoms with Crippen LogP contribution >= 0.6 is 0 Å². The maximum absolute atomic E-state index is 4.70. The van der Waals surface area contributed by atoms with Crippen LogP contribution in [0.4, 0.5) is 0 Å². The zero-order valence-electron chi connectivity index (χ0n) is 14.5. The van der Waals surface area contributed by atoms with Gasteiger partial charge in [0.1, 0.15) is 0 Å². The molecule has 0 N–H and O–H groups in total. The SMILES string of the molecule is Cc1cc(C)cc(-c2nccc3c2ccc2nc(C)cc(C)c23)c1. The quantitative estimate of drug-likeness (QED) is 0.422. The first-order valence-electron chi connectivity index (χ1n) is 8.27. The maximum atomic E-state index is 4.70. The molecule has 4 rings (SSSR count). The Bertz CT molecular complexity index is 1070. The molecule has 0 saturated heterocycles. The summed E-state index contributed by atoms with van der Waals surface area (Å²) in [6.45, 7) is 8.47. The first-order valence-corrected chi connectivity index (χ1v) is 8.27. The fourth-order valence-corrected chi connectivity index (χ4v) is 3.70. The molecule has 2 aromatic heterocycles. The first-order chi connectivity index (χ1) is 11.5. The molecule has 2 heteroatoms. The molecule has 0 aliphatic heterocycles. The van der Waals surface area contributed by atoms with Gasteiger partial charge in [0.2, 0.25) is 0 Å². The lowest BCUT2D eigenvalue weighted by molar-refractivity contribution is 1.24. The van der Waals surface area contributed by atoms with Crippen LogP contribution in [0.2, 0.25) is 0 Å². The highest BCUT2D eigenvalue weighted by molar-refractivity contribution is 6.11. The van der Waals surface area contributed by atoms with Crippen molar-refractivity contribution in [2.45, 2.75) is 27.7 Å². The lowest BCUT2D eigenvalue weighted by Gasteiger charge is -2.12. The molecule has 4 aromatic rings. The number of aromatic nitrogens is 2. The average molecular weight is 312 g/mol. The molecule has 118 valence electrons. The van der Waals surface area contributed by atoms with Crippen molar-refractivity contribution in [3.63, 3.8) is 0 Å². The van der Waals surface area contributed by atoms with Crippen LogP contribution < -0.4 is 0 Å². The van der Waals surface area contributed by atoms with Gasteiger partial charge in [-0.3, -0.25) is 9.97 Å². The normalized spacial score (nSPS) is 11.3. The van der Waals surface area contributed by atoms with Crippen molar-refractivity contribution in [3.8, 4) is 11.3 Å². The van der Waals surface area contributed by atoms with Gasteiger partial charge >= 0.3 is 0 Å². The van der Waals surface area contributed by atoms with E-state index in [0.717, 1.165) is 16.9 Å². The van der Waals surface area contributed by atoms with E-state index < -0.39 is 0 Å². The van der Waals surface area contributed by atoms with Crippen molar-refractivity contribution in [2.24, 2.45) is 0 Å². The summed E-state index contributed by atoms with van der Waals surface area (Å²) in [5.74, 6) is 0. The van der Waals surface area contributed by atoms with Crippen molar-refractivity contribution >= 4 is 21.7 Å². The van der Waals surface area contributed by atoms with E-state index in [9.17, 15) is 0 Å². The fourth-order valence-electron chi connectivity index (χ4n) is 3.70. The zero-order valence-corrected chi connectivity index (χ0v) is 14.5. The Balaban J connectivity index is 2.10. The number of hydrogen-bond acceptors (Lipinski definition) is 2. The highest BCUT2D eigenvalue weighted by Gasteiger charge is 2.11. The Labute approximate surface area is 142 Å². The van der Waals surface area contributed by atoms with Crippen LogP contribution in [0.5, 0.6) is 0 Å². The minimum atomic E-state index is 1.04. The zero-order chi connectivity index (χ0) is 16.8. The van der Waals surface area contributed by atoms with Gasteiger partial charge < -0.3 is 0 Å². The second kappa shape index (κ2) is 5.41. The van der Waals surface area contributed by atoms with Gasteiger partial charge in [-0.25, -0.2) is 0 Å². The van der Waals surface area contributed by atoms with Gasteiger partial charge in [-0.2, -0.15) is 0 Å². The van der Waals surface area contributed by atoms with Crippen LogP contribution in [0.15, 0.2) is 48.7 Å². The van der Waals surface area contributed by atoms with Crippen LogP contribution in [0.1, 0.15) is 22.4 Å². The minimum absolute atomic E-state index is 1.04. The van der Waals surface area contributed by atoms with E-state index in [0.29, 0.717) is 0 Å². The minimum Gasteiger partial charge on any atom is -0.256 e. The van der Waals surface area contributed by atoms with E-state index >= 15 is 0 Å². The molecule has 0 radical (unpaired) electrons. The highest BCUT2D eigenvalue weighted by atomic mass is 14.7. The number of fused-ring (bicyclic) bond motifs is 3. The Morgan fingerprint density at radius 3 is 2.25 bits per heavy atom. The molecule has 0 spiro atoms. The molecule has 2 aromatic carbocycles. The summed E-state index contributed by atoms with van der Waals surface area (Å²) in [6, 6.07) is 15.1. The summed E-state index contributed by atoms with van der Waals surface area (Å²) in [5.41, 5.74) is 8.12. The van der Waals surface area contributed by atoms with Crippen molar-refractivity contribution in [1.29, 1.82) is 0 Å². The number of hydrogen-bond donors (Lipinski definition) is 0. The van der Waals surface area contributed by atoms with Gasteiger partial charge in [0, 0.05) is 28.2 Å². The van der Waals surface area contributed by atoms with Crippen LogP contribution in [0.25, 0.3) is 32.9 Å². The van der Waals surface area contributed by atoms with Gasteiger partial charge in [-0.1, -0.05) is 17.2 Å². The van der Waals surface area contributed by atoms with Crippen molar-refractivity contribution in [2.75, 3.05) is 0 Å². The smallest absolute Gasteiger partial charge is 0.0780 e. The van der Waals surface area contributed by atoms with Crippen molar-refractivity contribution < 1.29 is 0 Å². The number of aryl methyl sites for hydroxylation is 4. The molecule has 0 unspecified atom stereocenters. The molecule has 0 atom stereocenters. The summed E-state index contributed by atoms with van der Waals surface area (Å²) in [5, 5.41) is 3.64. The third kappa shape index (κ3) is 2.35. The number of rotatable bonds is 1. The monoisotopic (exact) mass is 312 g/mol. The van der Waals surface area contributed by atoms with Crippen LogP contribution in [0.3, 0.4) is 0 Å². The van der Waals surface area contributed by atoms with E-state index in [1.54, 1.807) is 0 Å². The molecule has 0 amide bonds. The maximum Gasteiger partial charge on any atom is 0.0780 e. The first kappa shape index (κ1) is 14.8. The van der Waals surface area contributed by atoms with Gasteiger partial charge in [0.25, 0.3) is 0 Å². The second-order valence-corrected chi connectivity index (χ2v) is 6.67. The Kier molecular flexibility index (Phi) is 3.34. The van der Waals surface area contributed by atoms with Crippen LogP contribution in [-0.2, 0) is 0 Å². The lowest BCUT2D eigenvalue weighted by atomic mass is 9.97. The molecule has 0 bridgehead atoms. The summed E-state index contributed by atoms with van der Waals surface area (Å²) in [4.78, 5) is 9.39. The predicted octanol–water partition coefficient (Wildman–Crippen LogP) is 5.68.